The number of ether oxygens (including phenoxy) is 2. The summed E-state index contributed by atoms with van der Waals surface area (Å²) >= 11 is 0. The van der Waals surface area contributed by atoms with Crippen molar-refractivity contribution in [2.24, 2.45) is 0 Å². The Hall–Kier alpha value is -4.14. The number of nitriles is 1. The Kier molecular flexibility index (Phi) is 14.7. The number of H-pyrrole nitrogens is 1. The van der Waals surface area contributed by atoms with Gasteiger partial charge in [-0.1, -0.05) is 72.8 Å². The van der Waals surface area contributed by atoms with Crippen molar-refractivity contribution in [3.63, 3.8) is 0 Å². The normalized spacial score (nSPS) is 13.7. The lowest BCUT2D eigenvalue weighted by atomic mass is 9.76. The van der Waals surface area contributed by atoms with Gasteiger partial charge in [-0.05, 0) is 63.4 Å². The third-order valence-electron chi connectivity index (χ3n) is 8.68. The van der Waals surface area contributed by atoms with Gasteiger partial charge in [0.05, 0.1) is 44.4 Å². The van der Waals surface area contributed by atoms with Crippen LogP contribution in [0.2, 0.25) is 0 Å². The fourth-order valence-electron chi connectivity index (χ4n) is 6.22. The second-order valence-corrected chi connectivity index (χ2v) is 14.2. The molecule has 0 aliphatic heterocycles. The quantitative estimate of drug-likeness (QED) is 0.0671. The fraction of sp³-hybridized carbons (Fsp3) is 0.410. The van der Waals surface area contributed by atoms with E-state index in [1.54, 1.807) is 21.1 Å². The first kappa shape index (κ1) is 39.6. The average molecular weight is 716 g/mol. The smallest absolute Gasteiger partial charge is 0.328 e. The summed E-state index contributed by atoms with van der Waals surface area (Å²) < 4.78 is 28.5. The molecule has 1 aromatic heterocycles. The number of nitrogens with zero attached hydrogens (tertiary/aromatic N) is 3. The molecule has 0 aliphatic rings. The van der Waals surface area contributed by atoms with Crippen molar-refractivity contribution < 1.29 is 18.5 Å². The third-order valence-corrected chi connectivity index (χ3v) is 10.8. The molecule has 0 saturated carbocycles. The molecule has 2 N–H and O–H groups in total. The van der Waals surface area contributed by atoms with Gasteiger partial charge in [0.25, 0.3) is 14.1 Å². The number of aromatic nitrogens is 2. The summed E-state index contributed by atoms with van der Waals surface area (Å²) in [5.41, 5.74) is 1.56. The van der Waals surface area contributed by atoms with Crippen LogP contribution >= 0.6 is 8.53 Å². The highest BCUT2D eigenvalue weighted by molar-refractivity contribution is 7.44. The Labute approximate surface area is 302 Å². The minimum absolute atomic E-state index is 0.0508. The number of aryl methyl sites for hydroxylation is 1. The molecule has 11 nitrogen and oxygen atoms in total. The molecule has 0 fully saturated rings. The second kappa shape index (κ2) is 18.9. The number of benzene rings is 3. The zero-order valence-electron chi connectivity index (χ0n) is 30.5. The van der Waals surface area contributed by atoms with Gasteiger partial charge >= 0.3 is 5.69 Å². The number of rotatable bonds is 19. The number of hydrogen-bond acceptors (Lipinski definition) is 9. The molecule has 0 bridgehead atoms. The predicted molar refractivity (Wildman–Crippen MR) is 201 cm³/mol. The molecular formula is C39H50N5O6P. The highest BCUT2D eigenvalue weighted by atomic mass is 31.2. The van der Waals surface area contributed by atoms with Gasteiger partial charge in [0, 0.05) is 37.5 Å². The highest BCUT2D eigenvalue weighted by Crippen LogP contribution is 2.48. The zero-order valence-corrected chi connectivity index (χ0v) is 31.4. The lowest BCUT2D eigenvalue weighted by Gasteiger charge is -2.41. The van der Waals surface area contributed by atoms with Crippen LogP contribution in [0.5, 0.6) is 5.75 Å². The summed E-state index contributed by atoms with van der Waals surface area (Å²) in [5.74, 6) is 0.739. The van der Waals surface area contributed by atoms with Gasteiger partial charge in [-0.2, -0.15) is 5.26 Å². The lowest BCUT2D eigenvalue weighted by Crippen LogP contribution is -2.51. The van der Waals surface area contributed by atoms with E-state index < -0.39 is 37.5 Å². The van der Waals surface area contributed by atoms with Gasteiger partial charge in [-0.3, -0.25) is 19.7 Å². The summed E-state index contributed by atoms with van der Waals surface area (Å²) in [5, 5.41) is 13.2. The summed E-state index contributed by atoms with van der Waals surface area (Å²) in [6.45, 7) is 10.4. The van der Waals surface area contributed by atoms with Crippen LogP contribution in [0.15, 0.2) is 101 Å². The van der Waals surface area contributed by atoms with E-state index in [2.05, 4.69) is 85.1 Å². The summed E-state index contributed by atoms with van der Waals surface area (Å²) in [4.78, 5) is 27.8. The van der Waals surface area contributed by atoms with Crippen molar-refractivity contribution in [2.45, 2.75) is 77.4 Å². The van der Waals surface area contributed by atoms with Crippen LogP contribution in [0.4, 0.5) is 0 Å². The van der Waals surface area contributed by atoms with Crippen molar-refractivity contribution >= 4 is 8.53 Å². The van der Waals surface area contributed by atoms with E-state index in [1.807, 2.05) is 48.5 Å². The molecule has 1 heterocycles. The van der Waals surface area contributed by atoms with Crippen LogP contribution in [0, 0.1) is 18.3 Å². The first-order valence-electron chi connectivity index (χ1n) is 17.1. The van der Waals surface area contributed by atoms with Gasteiger partial charge < -0.3 is 18.5 Å². The van der Waals surface area contributed by atoms with Crippen molar-refractivity contribution in [1.82, 2.24) is 19.5 Å². The van der Waals surface area contributed by atoms with E-state index >= 15 is 0 Å². The van der Waals surface area contributed by atoms with Gasteiger partial charge in [-0.15, -0.1) is 0 Å². The Balaban J connectivity index is 1.84. The van der Waals surface area contributed by atoms with Crippen LogP contribution in [0.25, 0.3) is 0 Å². The molecule has 51 heavy (non-hydrogen) atoms. The minimum atomic E-state index is -1.71. The monoisotopic (exact) mass is 715 g/mol. The molecule has 3 aromatic carbocycles. The Bertz CT molecular complexity index is 1760. The maximum absolute atomic E-state index is 13.1. The summed E-state index contributed by atoms with van der Waals surface area (Å²) in [7, 11) is 1.55. The lowest BCUT2D eigenvalue weighted by molar-refractivity contribution is -0.0158. The maximum Gasteiger partial charge on any atom is 0.328 e. The standard InChI is InChI=1S/C39H50N5O6P/c1-28(2)44(29(3)4)51(49-24-14-23-40)50-36(27-43-26-30(5)37(45)42-38(43)46)35(48-7)25-41-39(31-15-10-8-11-16-31,32-17-12-9-13-18-32)33-19-21-34(47-6)22-20-33/h8-13,15-22,26,28-29,35-36,41H,14,24-25,27H2,1-7H3,(H,42,45,46)/t35?,36-,51?/m1/s1. The van der Waals surface area contributed by atoms with Gasteiger partial charge in [0.1, 0.15) is 11.9 Å². The summed E-state index contributed by atoms with van der Waals surface area (Å²) in [6.07, 6.45) is 0.372. The number of hydrogen-bond donors (Lipinski definition) is 2. The largest absolute Gasteiger partial charge is 0.497 e. The van der Waals surface area contributed by atoms with Gasteiger partial charge in [0.15, 0.2) is 0 Å². The van der Waals surface area contributed by atoms with Crippen LogP contribution in [-0.2, 0) is 25.9 Å². The van der Waals surface area contributed by atoms with Crippen LogP contribution in [-0.4, -0.2) is 65.9 Å². The molecule has 3 atom stereocenters. The van der Waals surface area contributed by atoms with Crippen LogP contribution < -0.4 is 21.3 Å². The van der Waals surface area contributed by atoms with E-state index in [9.17, 15) is 14.9 Å². The Morgan fingerprint density at radius 1 is 0.882 bits per heavy atom. The van der Waals surface area contributed by atoms with E-state index in [4.69, 9.17) is 18.5 Å². The first-order valence-corrected chi connectivity index (χ1v) is 18.3. The first-order chi connectivity index (χ1) is 24.5. The molecule has 0 spiro atoms. The molecule has 4 rings (SSSR count). The fourth-order valence-corrected chi connectivity index (χ4v) is 7.96. The number of methoxy groups -OCH3 is 2. The maximum atomic E-state index is 13.1. The molecule has 12 heteroatoms. The van der Waals surface area contributed by atoms with Crippen LogP contribution in [0.3, 0.4) is 0 Å². The van der Waals surface area contributed by atoms with Gasteiger partial charge in [-0.25, -0.2) is 9.46 Å². The number of nitrogens with one attached hydrogen (secondary N) is 2. The molecule has 4 aromatic rings. The Morgan fingerprint density at radius 2 is 1.45 bits per heavy atom. The molecule has 0 saturated heterocycles. The average Bonchev–Trinajstić information content (AvgIpc) is 3.13. The van der Waals surface area contributed by atoms with E-state index in [0.717, 1.165) is 22.4 Å². The SMILES string of the molecule is COc1ccc(C(NCC(OC)[C@@H](Cn2cc(C)c(=O)[nH]c2=O)OP(OCCC#N)N(C(C)C)C(C)C)(c2ccccc2)c2ccccc2)cc1. The van der Waals surface area contributed by atoms with Gasteiger partial charge in [0.2, 0.25) is 0 Å². The zero-order chi connectivity index (χ0) is 37.0. The topological polar surface area (TPSA) is 131 Å². The van der Waals surface area contributed by atoms with Crippen molar-refractivity contribution in [2.75, 3.05) is 27.4 Å². The molecule has 0 aliphatic carbocycles. The van der Waals surface area contributed by atoms with E-state index in [1.165, 1.54) is 10.8 Å². The molecular weight excluding hydrogens is 665 g/mol. The van der Waals surface area contributed by atoms with E-state index in [0.29, 0.717) is 5.56 Å². The summed E-state index contributed by atoms with van der Waals surface area (Å²) in [6, 6.07) is 30.6. The van der Waals surface area contributed by atoms with E-state index in [-0.39, 0.29) is 38.2 Å². The third kappa shape index (κ3) is 9.80. The minimum Gasteiger partial charge on any atom is -0.497 e. The molecule has 272 valence electrons. The molecule has 0 amide bonds. The Morgan fingerprint density at radius 3 is 1.96 bits per heavy atom. The predicted octanol–water partition coefficient (Wildman–Crippen LogP) is 6.11. The number of aromatic amines is 1. The van der Waals surface area contributed by atoms with Crippen molar-refractivity contribution in [1.29, 1.82) is 5.26 Å². The highest BCUT2D eigenvalue weighted by Gasteiger charge is 2.39. The van der Waals surface area contributed by atoms with Crippen molar-refractivity contribution in [3.05, 3.63) is 134 Å². The molecule has 0 radical (unpaired) electrons. The second-order valence-electron chi connectivity index (χ2n) is 12.8. The molecule has 2 unspecified atom stereocenters. The van der Waals surface area contributed by atoms with Crippen molar-refractivity contribution in [3.8, 4) is 11.8 Å². The van der Waals surface area contributed by atoms with Crippen LogP contribution in [0.1, 0.15) is 56.4 Å².